The molecule has 0 radical (unpaired) electrons. The minimum Gasteiger partial charge on any atom is -0.296 e. The van der Waals surface area contributed by atoms with E-state index in [0.717, 1.165) is 11.1 Å². The van der Waals surface area contributed by atoms with Gasteiger partial charge >= 0.3 is 0 Å². The molecule has 64 valence electrons. The van der Waals surface area contributed by atoms with Crippen molar-refractivity contribution in [3.05, 3.63) is 48.6 Å². The number of nitrogens with zero attached hydrogens (tertiary/aromatic N) is 1. The zero-order valence-corrected chi connectivity index (χ0v) is 7.75. The Hall–Kier alpha value is -1.37. The predicted octanol–water partition coefficient (Wildman–Crippen LogP) is 2.93. The summed E-state index contributed by atoms with van der Waals surface area (Å²) in [7, 11) is 1.74. The lowest BCUT2D eigenvalue weighted by atomic mass is 10.2. The van der Waals surface area contributed by atoms with Crippen molar-refractivity contribution in [1.82, 2.24) is 0 Å². The number of hydrogen-bond acceptors (Lipinski definition) is 1. The zero-order valence-electron chi connectivity index (χ0n) is 7.75. The molecule has 0 bridgehead atoms. The minimum atomic E-state index is 1.02. The third-order valence-corrected chi connectivity index (χ3v) is 1.21. The fraction of sp³-hybridized carbons (Fsp3) is 0.182. The molecule has 0 aliphatic carbocycles. The highest BCUT2D eigenvalue weighted by atomic mass is 14.6. The van der Waals surface area contributed by atoms with E-state index in [-0.39, 0.29) is 0 Å². The fourth-order valence-corrected chi connectivity index (χ4v) is 0.591. The first-order valence-electron chi connectivity index (χ1n) is 3.79. The first-order valence-corrected chi connectivity index (χ1v) is 3.79. The monoisotopic (exact) mass is 161 g/mol. The number of aliphatic imine (C=N–C) groups is 1. The summed E-state index contributed by atoms with van der Waals surface area (Å²) in [6.45, 7) is 9.39. The maximum absolute atomic E-state index is 3.85. The highest BCUT2D eigenvalue weighted by Gasteiger charge is 1.81. The van der Waals surface area contributed by atoms with Gasteiger partial charge in [0.2, 0.25) is 0 Å². The summed E-state index contributed by atoms with van der Waals surface area (Å²) in [6.07, 6.45) is 9.31. The van der Waals surface area contributed by atoms with Crippen LogP contribution >= 0.6 is 0 Å². The second-order valence-electron chi connectivity index (χ2n) is 2.46. The van der Waals surface area contributed by atoms with Crippen LogP contribution in [0.5, 0.6) is 0 Å². The largest absolute Gasteiger partial charge is 0.296 e. The molecule has 1 nitrogen and oxygen atoms in total. The van der Waals surface area contributed by atoms with E-state index in [4.69, 9.17) is 0 Å². The topological polar surface area (TPSA) is 12.4 Å². The van der Waals surface area contributed by atoms with Crippen molar-refractivity contribution in [2.45, 2.75) is 6.92 Å². The maximum atomic E-state index is 3.85. The van der Waals surface area contributed by atoms with Crippen LogP contribution in [0.1, 0.15) is 6.92 Å². The third kappa shape index (κ3) is 5.42. The van der Waals surface area contributed by atoms with Crippen molar-refractivity contribution in [1.29, 1.82) is 0 Å². The summed E-state index contributed by atoms with van der Waals surface area (Å²) in [6, 6.07) is 0. The van der Waals surface area contributed by atoms with Gasteiger partial charge in [-0.1, -0.05) is 37.0 Å². The van der Waals surface area contributed by atoms with E-state index in [0.29, 0.717) is 0 Å². The third-order valence-electron chi connectivity index (χ3n) is 1.21. The molecule has 1 heteroatoms. The molecule has 0 unspecified atom stereocenters. The first-order chi connectivity index (χ1) is 5.70. The summed E-state index contributed by atoms with van der Waals surface area (Å²) >= 11 is 0. The SMILES string of the molecule is C=CC(/C=C/C(=C)C)=C\C=N/C. The molecule has 0 aliphatic rings. The molecule has 0 fully saturated rings. The van der Waals surface area contributed by atoms with Crippen LogP contribution in [0.15, 0.2) is 53.6 Å². The Morgan fingerprint density at radius 2 is 2.00 bits per heavy atom. The fourth-order valence-electron chi connectivity index (χ4n) is 0.591. The van der Waals surface area contributed by atoms with Gasteiger partial charge in [0.15, 0.2) is 0 Å². The normalized spacial score (nSPS) is 12.7. The summed E-state index contributed by atoms with van der Waals surface area (Å²) < 4.78 is 0. The highest BCUT2D eigenvalue weighted by molar-refractivity contribution is 5.73. The van der Waals surface area contributed by atoms with Crippen LogP contribution in [0.3, 0.4) is 0 Å². The van der Waals surface area contributed by atoms with Gasteiger partial charge < -0.3 is 0 Å². The van der Waals surface area contributed by atoms with E-state index in [1.807, 2.05) is 25.2 Å². The van der Waals surface area contributed by atoms with Gasteiger partial charge in [-0.15, -0.1) is 0 Å². The molecule has 12 heavy (non-hydrogen) atoms. The summed E-state index contributed by atoms with van der Waals surface area (Å²) in [5.74, 6) is 0. The van der Waals surface area contributed by atoms with Crippen LogP contribution in [0.4, 0.5) is 0 Å². The lowest BCUT2D eigenvalue weighted by Gasteiger charge is -1.89. The van der Waals surface area contributed by atoms with Crippen molar-refractivity contribution in [3.63, 3.8) is 0 Å². The van der Waals surface area contributed by atoms with E-state index in [9.17, 15) is 0 Å². The van der Waals surface area contributed by atoms with Crippen LogP contribution in [0.2, 0.25) is 0 Å². The van der Waals surface area contributed by atoms with Crippen molar-refractivity contribution < 1.29 is 0 Å². The van der Waals surface area contributed by atoms with Gasteiger partial charge in [0.05, 0.1) is 0 Å². The molecule has 0 spiro atoms. The smallest absolute Gasteiger partial charge is 0.0277 e. The van der Waals surface area contributed by atoms with Crippen molar-refractivity contribution >= 4 is 6.21 Å². The molecule has 0 atom stereocenters. The summed E-state index contributed by atoms with van der Waals surface area (Å²) in [5.41, 5.74) is 2.06. The number of rotatable bonds is 4. The molecule has 0 aromatic rings. The van der Waals surface area contributed by atoms with E-state index in [1.54, 1.807) is 19.3 Å². The average Bonchev–Trinajstić information content (AvgIpc) is 2.05. The van der Waals surface area contributed by atoms with Gasteiger partial charge in [-0.2, -0.15) is 0 Å². The molecule has 0 aromatic heterocycles. The van der Waals surface area contributed by atoms with Crippen molar-refractivity contribution in [2.75, 3.05) is 7.05 Å². The van der Waals surface area contributed by atoms with Crippen molar-refractivity contribution in [3.8, 4) is 0 Å². The Morgan fingerprint density at radius 1 is 1.33 bits per heavy atom. The van der Waals surface area contributed by atoms with Crippen LogP contribution in [-0.2, 0) is 0 Å². The number of hydrogen-bond donors (Lipinski definition) is 0. The Labute approximate surface area is 74.5 Å². The van der Waals surface area contributed by atoms with E-state index < -0.39 is 0 Å². The molecule has 0 aromatic carbocycles. The van der Waals surface area contributed by atoms with Crippen LogP contribution < -0.4 is 0 Å². The Kier molecular flexibility index (Phi) is 5.62. The molecule has 0 aliphatic heterocycles. The maximum Gasteiger partial charge on any atom is 0.0277 e. The van der Waals surface area contributed by atoms with E-state index in [1.165, 1.54) is 0 Å². The molecule has 0 saturated carbocycles. The van der Waals surface area contributed by atoms with Crippen LogP contribution in [-0.4, -0.2) is 13.3 Å². The predicted molar refractivity (Wildman–Crippen MR) is 56.7 cm³/mol. The van der Waals surface area contributed by atoms with Gasteiger partial charge in [0.1, 0.15) is 0 Å². The van der Waals surface area contributed by atoms with Gasteiger partial charge in [-0.25, -0.2) is 0 Å². The van der Waals surface area contributed by atoms with Crippen LogP contribution in [0, 0.1) is 0 Å². The standard InChI is InChI=1S/C11H15N/c1-5-11(8-9-12-4)7-6-10(2)3/h5-9H,1-2H2,3-4H3/b7-6+,11-8+,12-9-. The Balaban J connectivity index is 4.36. The van der Waals surface area contributed by atoms with Gasteiger partial charge in [0, 0.05) is 13.3 Å². The van der Waals surface area contributed by atoms with E-state index in [2.05, 4.69) is 18.2 Å². The molecule has 0 rings (SSSR count). The molecular formula is C11H15N. The minimum absolute atomic E-state index is 1.02. The molecule has 0 N–H and O–H groups in total. The molecule has 0 heterocycles. The average molecular weight is 161 g/mol. The second kappa shape index (κ2) is 6.35. The Bertz CT molecular complexity index is 242. The van der Waals surface area contributed by atoms with Gasteiger partial charge in [-0.05, 0) is 18.6 Å². The lowest BCUT2D eigenvalue weighted by Crippen LogP contribution is -1.73. The quantitative estimate of drug-likeness (QED) is 0.444. The van der Waals surface area contributed by atoms with Crippen molar-refractivity contribution in [2.24, 2.45) is 4.99 Å². The van der Waals surface area contributed by atoms with Gasteiger partial charge in [0.25, 0.3) is 0 Å². The second-order valence-corrected chi connectivity index (χ2v) is 2.46. The summed E-state index contributed by atoms with van der Waals surface area (Å²) in [5, 5.41) is 0. The van der Waals surface area contributed by atoms with E-state index >= 15 is 0 Å². The van der Waals surface area contributed by atoms with Crippen LogP contribution in [0.25, 0.3) is 0 Å². The van der Waals surface area contributed by atoms with Gasteiger partial charge in [-0.3, -0.25) is 4.99 Å². The Morgan fingerprint density at radius 3 is 2.42 bits per heavy atom. The first kappa shape index (κ1) is 10.6. The molecular weight excluding hydrogens is 146 g/mol. The zero-order chi connectivity index (χ0) is 9.40. The molecule has 0 amide bonds. The highest BCUT2D eigenvalue weighted by Crippen LogP contribution is 1.99. The lowest BCUT2D eigenvalue weighted by molar-refractivity contribution is 1.47. The summed E-state index contributed by atoms with van der Waals surface area (Å²) in [4.78, 5) is 3.85. The number of allylic oxidation sites excluding steroid dienone is 6. The molecule has 0 saturated heterocycles.